The number of nitrogens with one attached hydrogen (secondary N) is 1. The Balaban J connectivity index is 1.51. The predicted octanol–water partition coefficient (Wildman–Crippen LogP) is 8.92. The van der Waals surface area contributed by atoms with Gasteiger partial charge in [-0.25, -0.2) is 4.98 Å². The second-order valence-corrected chi connectivity index (χ2v) is 12.2. The average Bonchev–Trinajstić information content (AvgIpc) is 3.05. The molecule has 7 heteroatoms. The monoisotopic (exact) mass is 613 g/mol. The number of nitrogens with zero attached hydrogens (tertiary/aromatic N) is 2. The van der Waals surface area contributed by atoms with Gasteiger partial charge in [0.25, 0.3) is 0 Å². The lowest BCUT2D eigenvalue weighted by Crippen LogP contribution is -2.22. The third-order valence-electron chi connectivity index (χ3n) is 7.59. The van der Waals surface area contributed by atoms with Gasteiger partial charge in [0.15, 0.2) is 11.5 Å². The van der Waals surface area contributed by atoms with E-state index < -0.39 is 5.25 Å². The average molecular weight is 614 g/mol. The van der Waals surface area contributed by atoms with Crippen LogP contribution in [0.4, 0.5) is 5.69 Å². The molecule has 6 nitrogen and oxygen atoms in total. The largest absolute Gasteiger partial charge is 0.493 e. The number of carbonyl (C=O) groups is 1. The normalized spacial score (nSPS) is 11.4. The van der Waals surface area contributed by atoms with Crippen LogP contribution in [0.15, 0.2) is 102 Å². The lowest BCUT2D eigenvalue weighted by molar-refractivity contribution is -0.115. The van der Waals surface area contributed by atoms with E-state index in [0.717, 1.165) is 39.1 Å². The van der Waals surface area contributed by atoms with Crippen molar-refractivity contribution in [2.75, 3.05) is 12.4 Å². The number of aromatic nitrogens is 1. The Morgan fingerprint density at radius 2 is 1.62 bits per heavy atom. The second-order valence-electron chi connectivity index (χ2n) is 10.9. The summed E-state index contributed by atoms with van der Waals surface area (Å²) in [6.07, 6.45) is 0. The van der Waals surface area contributed by atoms with Gasteiger partial charge in [0.2, 0.25) is 5.91 Å². The highest BCUT2D eigenvalue weighted by Gasteiger charge is 2.22. The van der Waals surface area contributed by atoms with E-state index in [1.165, 1.54) is 11.8 Å². The molecule has 0 aliphatic rings. The topological polar surface area (TPSA) is 84.2 Å². The predicted molar refractivity (Wildman–Crippen MR) is 182 cm³/mol. The lowest BCUT2D eigenvalue weighted by atomic mass is 9.98. The Kier molecular flexibility index (Phi) is 9.86. The maximum absolute atomic E-state index is 13.3. The van der Waals surface area contributed by atoms with Crippen LogP contribution in [0, 0.1) is 32.1 Å². The molecule has 5 aromatic rings. The number of methoxy groups -OCH3 is 1. The Hall–Kier alpha value is -5.06. The summed E-state index contributed by atoms with van der Waals surface area (Å²) < 4.78 is 11.8. The van der Waals surface area contributed by atoms with E-state index in [1.54, 1.807) is 7.11 Å². The number of hydrogen-bond donors (Lipinski definition) is 1. The van der Waals surface area contributed by atoms with E-state index >= 15 is 0 Å². The zero-order valence-electron chi connectivity index (χ0n) is 26.0. The molecule has 0 saturated heterocycles. The number of thioether (sulfide) groups is 1. The van der Waals surface area contributed by atoms with Crippen molar-refractivity contribution in [2.45, 2.75) is 44.6 Å². The van der Waals surface area contributed by atoms with Crippen molar-refractivity contribution in [2.24, 2.45) is 0 Å². The summed E-state index contributed by atoms with van der Waals surface area (Å²) in [5, 5.41) is 13.4. The first-order valence-electron chi connectivity index (χ1n) is 14.7. The molecular formula is C38H35N3O3S. The van der Waals surface area contributed by atoms with Crippen molar-refractivity contribution in [3.63, 3.8) is 0 Å². The third-order valence-corrected chi connectivity index (χ3v) is 8.68. The summed E-state index contributed by atoms with van der Waals surface area (Å²) in [4.78, 5) is 18.2. The molecule has 0 saturated carbocycles. The first-order valence-corrected chi connectivity index (χ1v) is 15.6. The molecule has 1 heterocycles. The van der Waals surface area contributed by atoms with Gasteiger partial charge in [0, 0.05) is 16.8 Å². The van der Waals surface area contributed by atoms with Crippen LogP contribution in [-0.2, 0) is 11.4 Å². The number of rotatable bonds is 10. The summed E-state index contributed by atoms with van der Waals surface area (Å²) in [6, 6.07) is 33.8. The highest BCUT2D eigenvalue weighted by molar-refractivity contribution is 8.00. The van der Waals surface area contributed by atoms with Crippen molar-refractivity contribution >= 4 is 23.4 Å². The molecule has 0 radical (unpaired) electrons. The molecule has 1 N–H and O–H groups in total. The molecule has 0 spiro atoms. The van der Waals surface area contributed by atoms with E-state index in [1.807, 2.05) is 125 Å². The van der Waals surface area contributed by atoms with Crippen LogP contribution in [0.2, 0.25) is 0 Å². The van der Waals surface area contributed by atoms with Crippen molar-refractivity contribution < 1.29 is 14.3 Å². The summed E-state index contributed by atoms with van der Waals surface area (Å²) >= 11 is 1.27. The quantitative estimate of drug-likeness (QED) is 0.158. The number of carbonyl (C=O) groups excluding carboxylic acids is 1. The summed E-state index contributed by atoms with van der Waals surface area (Å²) in [5.74, 6) is 0.983. The van der Waals surface area contributed by atoms with Crippen LogP contribution in [0.25, 0.3) is 22.4 Å². The Morgan fingerprint density at radius 3 is 2.31 bits per heavy atom. The van der Waals surface area contributed by atoms with Gasteiger partial charge in [0.1, 0.15) is 17.7 Å². The smallest absolute Gasteiger partial charge is 0.237 e. The molecule has 4 aromatic carbocycles. The van der Waals surface area contributed by atoms with Gasteiger partial charge in [-0.05, 0) is 80.3 Å². The van der Waals surface area contributed by atoms with Crippen LogP contribution in [-0.4, -0.2) is 23.3 Å². The molecule has 0 aliphatic carbocycles. The number of hydrogen-bond acceptors (Lipinski definition) is 6. The fraction of sp³-hybridized carbons (Fsp3) is 0.184. The van der Waals surface area contributed by atoms with Gasteiger partial charge in [-0.15, -0.1) is 0 Å². The minimum Gasteiger partial charge on any atom is -0.493 e. The van der Waals surface area contributed by atoms with Gasteiger partial charge in [-0.1, -0.05) is 84.1 Å². The van der Waals surface area contributed by atoms with Gasteiger partial charge in [-0.3, -0.25) is 4.79 Å². The van der Waals surface area contributed by atoms with E-state index in [2.05, 4.69) is 11.4 Å². The summed E-state index contributed by atoms with van der Waals surface area (Å²) in [6.45, 7) is 8.31. The first-order chi connectivity index (χ1) is 21.7. The van der Waals surface area contributed by atoms with Crippen LogP contribution < -0.4 is 14.8 Å². The van der Waals surface area contributed by atoms with Crippen molar-refractivity contribution in [3.05, 3.63) is 125 Å². The van der Waals surface area contributed by atoms with Gasteiger partial charge < -0.3 is 14.8 Å². The molecule has 226 valence electrons. The molecule has 0 aliphatic heterocycles. The Morgan fingerprint density at radius 1 is 0.889 bits per heavy atom. The van der Waals surface area contributed by atoms with E-state index in [9.17, 15) is 10.1 Å². The molecule has 45 heavy (non-hydrogen) atoms. The molecule has 0 bridgehead atoms. The first kappa shape index (κ1) is 31.4. The maximum Gasteiger partial charge on any atom is 0.237 e. The number of amides is 1. The molecule has 1 atom stereocenters. The van der Waals surface area contributed by atoms with Crippen LogP contribution >= 0.6 is 11.8 Å². The molecule has 1 aromatic heterocycles. The van der Waals surface area contributed by atoms with Crippen molar-refractivity contribution in [1.29, 1.82) is 5.26 Å². The zero-order chi connectivity index (χ0) is 31.9. The zero-order valence-corrected chi connectivity index (χ0v) is 26.9. The number of benzene rings is 4. The number of anilines is 1. The molecular weight excluding hydrogens is 579 g/mol. The highest BCUT2D eigenvalue weighted by atomic mass is 32.2. The van der Waals surface area contributed by atoms with Gasteiger partial charge in [-0.2, -0.15) is 5.26 Å². The number of aryl methyl sites for hydroxylation is 3. The summed E-state index contributed by atoms with van der Waals surface area (Å²) in [7, 11) is 1.60. The Bertz CT molecular complexity index is 1870. The van der Waals surface area contributed by atoms with Crippen LogP contribution in [0.5, 0.6) is 11.5 Å². The summed E-state index contributed by atoms with van der Waals surface area (Å²) in [5.41, 5.74) is 8.66. The molecule has 0 fully saturated rings. The standard InChI is InChI=1S/C38H35N3O3S/c1-24-11-14-29(15-12-24)34-21-32(30-16-18-35(36(20-30)43-5)44-23-28-9-7-6-8-10-28)33(22-39)38(41-34)45-27(4)37(42)40-31-17-13-25(2)26(3)19-31/h6-21,27H,23H2,1-5H3,(H,40,42). The van der Waals surface area contributed by atoms with Crippen molar-refractivity contribution in [1.82, 2.24) is 4.98 Å². The fourth-order valence-corrected chi connectivity index (χ4v) is 5.71. The highest BCUT2D eigenvalue weighted by Crippen LogP contribution is 2.39. The van der Waals surface area contributed by atoms with Crippen LogP contribution in [0.1, 0.15) is 34.7 Å². The number of ether oxygens (including phenoxy) is 2. The minimum atomic E-state index is -0.518. The molecule has 1 amide bonds. The van der Waals surface area contributed by atoms with E-state index in [4.69, 9.17) is 14.5 Å². The Labute approximate surface area is 269 Å². The second kappa shape index (κ2) is 14.1. The SMILES string of the molecule is COc1cc(-c2cc(-c3ccc(C)cc3)nc(SC(C)C(=O)Nc3ccc(C)c(C)c3)c2C#N)ccc1OCc1ccccc1. The van der Waals surface area contributed by atoms with Crippen molar-refractivity contribution in [3.8, 4) is 40.0 Å². The number of nitriles is 1. The maximum atomic E-state index is 13.3. The number of pyridine rings is 1. The molecule has 1 unspecified atom stereocenters. The van der Waals surface area contributed by atoms with Gasteiger partial charge >= 0.3 is 0 Å². The van der Waals surface area contributed by atoms with Crippen LogP contribution in [0.3, 0.4) is 0 Å². The van der Waals surface area contributed by atoms with Gasteiger partial charge in [0.05, 0.1) is 23.6 Å². The minimum absolute atomic E-state index is 0.169. The lowest BCUT2D eigenvalue weighted by Gasteiger charge is -2.17. The van der Waals surface area contributed by atoms with E-state index in [-0.39, 0.29) is 5.91 Å². The molecule has 5 rings (SSSR count). The van der Waals surface area contributed by atoms with E-state index in [0.29, 0.717) is 40.0 Å². The third kappa shape index (κ3) is 7.54. The fourth-order valence-electron chi connectivity index (χ4n) is 4.79.